The second kappa shape index (κ2) is 3.98. The van der Waals surface area contributed by atoms with Gasteiger partial charge in [-0.15, -0.1) is 0 Å². The summed E-state index contributed by atoms with van der Waals surface area (Å²) < 4.78 is 10.2. The molecule has 1 fully saturated rings. The molecule has 0 aliphatic carbocycles. The maximum atomic E-state index is 11.4. The van der Waals surface area contributed by atoms with Crippen molar-refractivity contribution >= 4 is 6.09 Å². The van der Waals surface area contributed by atoms with Gasteiger partial charge < -0.3 is 19.9 Å². The maximum Gasteiger partial charge on any atom is 0.408 e. The lowest BCUT2D eigenvalue weighted by atomic mass is 10.0. The van der Waals surface area contributed by atoms with E-state index in [9.17, 15) is 9.90 Å². The summed E-state index contributed by atoms with van der Waals surface area (Å²) in [5.41, 5.74) is -1.55. The Kier molecular flexibility index (Phi) is 3.25. The average molecular weight is 217 g/mol. The van der Waals surface area contributed by atoms with E-state index in [4.69, 9.17) is 9.47 Å². The minimum Gasteiger partial charge on any atom is -0.444 e. The highest BCUT2D eigenvalue weighted by Crippen LogP contribution is 2.18. The van der Waals surface area contributed by atoms with E-state index >= 15 is 0 Å². The fraction of sp³-hybridized carbons (Fsp3) is 0.900. The molecule has 5 nitrogen and oxygen atoms in total. The van der Waals surface area contributed by atoms with E-state index in [0.717, 1.165) is 0 Å². The number of alkyl carbamates (subject to hydrolysis) is 1. The number of nitrogens with one attached hydrogen (secondary N) is 1. The van der Waals surface area contributed by atoms with Gasteiger partial charge in [-0.1, -0.05) is 0 Å². The normalized spacial score (nSPS) is 31.4. The molecule has 1 saturated heterocycles. The lowest BCUT2D eigenvalue weighted by molar-refractivity contribution is 0.0183. The van der Waals surface area contributed by atoms with E-state index in [-0.39, 0.29) is 6.61 Å². The fourth-order valence-electron chi connectivity index (χ4n) is 1.31. The Balaban J connectivity index is 2.45. The van der Waals surface area contributed by atoms with Gasteiger partial charge in [0, 0.05) is 0 Å². The van der Waals surface area contributed by atoms with Crippen LogP contribution in [0.3, 0.4) is 0 Å². The lowest BCUT2D eigenvalue weighted by Crippen LogP contribution is -2.51. The lowest BCUT2D eigenvalue weighted by Gasteiger charge is -2.26. The summed E-state index contributed by atoms with van der Waals surface area (Å²) in [5.74, 6) is 0. The number of aliphatic hydroxyl groups is 1. The molecule has 1 amide bonds. The first-order valence-corrected chi connectivity index (χ1v) is 5.00. The predicted octanol–water partition coefficient (Wildman–Crippen LogP) is 0.661. The zero-order valence-corrected chi connectivity index (χ0v) is 9.66. The number of hydrogen-bond acceptors (Lipinski definition) is 4. The Hall–Kier alpha value is -0.810. The molecule has 1 aliphatic heterocycles. The van der Waals surface area contributed by atoms with Gasteiger partial charge >= 0.3 is 6.09 Å². The van der Waals surface area contributed by atoms with E-state index in [1.165, 1.54) is 0 Å². The molecule has 2 N–H and O–H groups in total. The zero-order valence-electron chi connectivity index (χ0n) is 9.66. The van der Waals surface area contributed by atoms with Crippen LogP contribution >= 0.6 is 0 Å². The first-order chi connectivity index (χ1) is 6.71. The third kappa shape index (κ3) is 3.68. The largest absolute Gasteiger partial charge is 0.444 e. The van der Waals surface area contributed by atoms with Crippen molar-refractivity contribution in [1.29, 1.82) is 0 Å². The van der Waals surface area contributed by atoms with Crippen LogP contribution in [0, 0.1) is 0 Å². The van der Waals surface area contributed by atoms with Crippen LogP contribution in [0.1, 0.15) is 27.7 Å². The second-order valence-corrected chi connectivity index (χ2v) is 5.07. The van der Waals surface area contributed by atoms with Crippen molar-refractivity contribution in [1.82, 2.24) is 5.32 Å². The molecule has 5 heteroatoms. The number of carbonyl (C=O) groups is 1. The van der Waals surface area contributed by atoms with E-state index in [1.807, 2.05) is 0 Å². The number of rotatable bonds is 1. The summed E-state index contributed by atoms with van der Waals surface area (Å²) in [4.78, 5) is 11.4. The van der Waals surface area contributed by atoms with Crippen LogP contribution in [0.15, 0.2) is 0 Å². The molecule has 1 aliphatic rings. The molecule has 0 bridgehead atoms. The van der Waals surface area contributed by atoms with Gasteiger partial charge in [0.05, 0.1) is 19.3 Å². The number of hydrogen-bond donors (Lipinski definition) is 2. The van der Waals surface area contributed by atoms with Gasteiger partial charge in [-0.2, -0.15) is 0 Å². The topological polar surface area (TPSA) is 67.8 Å². The Morgan fingerprint density at radius 1 is 1.60 bits per heavy atom. The molecule has 2 atom stereocenters. The Bertz CT molecular complexity index is 244. The van der Waals surface area contributed by atoms with Crippen LogP contribution in [0.4, 0.5) is 4.79 Å². The summed E-state index contributed by atoms with van der Waals surface area (Å²) in [6.07, 6.45) is -0.529. The van der Waals surface area contributed by atoms with Gasteiger partial charge in [-0.05, 0) is 27.7 Å². The van der Waals surface area contributed by atoms with E-state index in [0.29, 0.717) is 6.61 Å². The zero-order chi connectivity index (χ0) is 11.7. The third-order valence-corrected chi connectivity index (χ3v) is 2.12. The molecule has 1 heterocycles. The van der Waals surface area contributed by atoms with Crippen LogP contribution in [-0.2, 0) is 9.47 Å². The molecule has 0 aromatic heterocycles. The molecule has 0 radical (unpaired) electrons. The summed E-state index contributed by atoms with van der Waals surface area (Å²) in [7, 11) is 0. The Labute approximate surface area is 89.8 Å². The van der Waals surface area contributed by atoms with Crippen LogP contribution in [0.25, 0.3) is 0 Å². The second-order valence-electron chi connectivity index (χ2n) is 5.07. The van der Waals surface area contributed by atoms with Gasteiger partial charge in [-0.25, -0.2) is 4.79 Å². The quantitative estimate of drug-likeness (QED) is 0.677. The van der Waals surface area contributed by atoms with Crippen LogP contribution in [0.5, 0.6) is 0 Å². The average Bonchev–Trinajstić information content (AvgIpc) is 2.26. The number of amides is 1. The molecule has 0 aromatic carbocycles. The van der Waals surface area contributed by atoms with Gasteiger partial charge in [0.15, 0.2) is 0 Å². The van der Waals surface area contributed by atoms with Gasteiger partial charge in [-0.3, -0.25) is 0 Å². The van der Waals surface area contributed by atoms with Crippen LogP contribution in [-0.4, -0.2) is 41.7 Å². The summed E-state index contributed by atoms with van der Waals surface area (Å²) >= 11 is 0. The molecule has 15 heavy (non-hydrogen) atoms. The highest BCUT2D eigenvalue weighted by molar-refractivity contribution is 5.68. The molecule has 0 aromatic rings. The molecule has 1 rings (SSSR count). The fourth-order valence-corrected chi connectivity index (χ4v) is 1.31. The Morgan fingerprint density at radius 3 is 2.60 bits per heavy atom. The van der Waals surface area contributed by atoms with Crippen molar-refractivity contribution in [2.45, 2.75) is 44.9 Å². The minimum atomic E-state index is -1.02. The van der Waals surface area contributed by atoms with Crippen molar-refractivity contribution < 1.29 is 19.4 Å². The standard InChI is InChI=1S/C10H19NO4/c1-9(2,3)15-8(12)11-7-5-14-6-10(7,4)13/h7,13H,5-6H2,1-4H3,(H,11,12). The SMILES string of the molecule is CC(C)(C)OC(=O)NC1COCC1(C)O. The first-order valence-electron chi connectivity index (χ1n) is 5.00. The Morgan fingerprint density at radius 2 is 2.20 bits per heavy atom. The highest BCUT2D eigenvalue weighted by atomic mass is 16.6. The molecule has 88 valence electrons. The molecular weight excluding hydrogens is 198 g/mol. The monoisotopic (exact) mass is 217 g/mol. The van der Waals surface area contributed by atoms with Gasteiger partial charge in [0.25, 0.3) is 0 Å². The summed E-state index contributed by atoms with van der Waals surface area (Å²) in [6, 6.07) is -0.410. The van der Waals surface area contributed by atoms with Gasteiger partial charge in [0.2, 0.25) is 0 Å². The number of ether oxygens (including phenoxy) is 2. The van der Waals surface area contributed by atoms with Crippen molar-refractivity contribution in [3.8, 4) is 0 Å². The minimum absolute atomic E-state index is 0.230. The number of carbonyl (C=O) groups excluding carboxylic acids is 1. The molecule has 2 unspecified atom stereocenters. The first kappa shape index (κ1) is 12.3. The van der Waals surface area contributed by atoms with Gasteiger partial charge in [0.1, 0.15) is 11.2 Å². The summed E-state index contributed by atoms with van der Waals surface area (Å²) in [6.45, 7) is 7.53. The molecular formula is C10H19NO4. The predicted molar refractivity (Wildman–Crippen MR) is 54.6 cm³/mol. The van der Waals surface area contributed by atoms with Crippen LogP contribution in [0.2, 0.25) is 0 Å². The van der Waals surface area contributed by atoms with Crippen molar-refractivity contribution in [2.75, 3.05) is 13.2 Å². The molecule has 0 saturated carbocycles. The van der Waals surface area contributed by atoms with Crippen LogP contribution < -0.4 is 5.32 Å². The molecule has 0 spiro atoms. The maximum absolute atomic E-state index is 11.4. The van der Waals surface area contributed by atoms with Crippen molar-refractivity contribution in [3.63, 3.8) is 0 Å². The van der Waals surface area contributed by atoms with Crippen molar-refractivity contribution in [2.24, 2.45) is 0 Å². The summed E-state index contributed by atoms with van der Waals surface area (Å²) in [5, 5.41) is 12.4. The smallest absolute Gasteiger partial charge is 0.408 e. The van der Waals surface area contributed by atoms with Crippen molar-refractivity contribution in [3.05, 3.63) is 0 Å². The van der Waals surface area contributed by atoms with E-state index in [2.05, 4.69) is 5.32 Å². The highest BCUT2D eigenvalue weighted by Gasteiger charge is 2.39. The third-order valence-electron chi connectivity index (χ3n) is 2.12. The van der Waals surface area contributed by atoms with E-state index in [1.54, 1.807) is 27.7 Å². The van der Waals surface area contributed by atoms with E-state index < -0.39 is 23.3 Å².